The number of aromatic nitrogens is 1. The molecule has 0 saturated carbocycles. The maximum atomic E-state index is 14.1. The van der Waals surface area contributed by atoms with Crippen molar-refractivity contribution in [2.24, 2.45) is 0 Å². The summed E-state index contributed by atoms with van der Waals surface area (Å²) in [5, 5.41) is 10.1. The summed E-state index contributed by atoms with van der Waals surface area (Å²) in [6.45, 7) is 6.24. The Hall–Kier alpha value is -3.71. The zero-order valence-corrected chi connectivity index (χ0v) is 25.8. The van der Waals surface area contributed by atoms with Gasteiger partial charge in [-0.05, 0) is 93.2 Å². The molecule has 6 nitrogen and oxygen atoms in total. The average Bonchev–Trinajstić information content (AvgIpc) is 3.47. The van der Waals surface area contributed by atoms with Gasteiger partial charge in [-0.1, -0.05) is 6.07 Å². The number of nitrogens with zero attached hydrogens (tertiary/aromatic N) is 4. The van der Waals surface area contributed by atoms with Crippen LogP contribution in [0.5, 0.6) is 0 Å². The van der Waals surface area contributed by atoms with Crippen molar-refractivity contribution >= 4 is 17.4 Å². The van der Waals surface area contributed by atoms with Crippen LogP contribution in [0, 0.1) is 12.7 Å². The molecule has 3 aromatic rings. The van der Waals surface area contributed by atoms with Crippen LogP contribution in [0.25, 0.3) is 11.1 Å². The highest BCUT2D eigenvalue weighted by Crippen LogP contribution is 2.41. The van der Waals surface area contributed by atoms with E-state index >= 15 is 0 Å². The highest BCUT2D eigenvalue weighted by molar-refractivity contribution is 6.03. The molecule has 3 heterocycles. The molecule has 1 amide bonds. The van der Waals surface area contributed by atoms with Crippen LogP contribution in [0.3, 0.4) is 0 Å². The summed E-state index contributed by atoms with van der Waals surface area (Å²) < 4.78 is 96.0. The summed E-state index contributed by atoms with van der Waals surface area (Å²) in [6.07, 6.45) is -6.74. The lowest BCUT2D eigenvalue weighted by atomic mass is 9.81. The van der Waals surface area contributed by atoms with Gasteiger partial charge in [-0.15, -0.1) is 0 Å². The summed E-state index contributed by atoms with van der Waals surface area (Å²) in [6, 6.07) is 7.16. The lowest BCUT2D eigenvalue weighted by Crippen LogP contribution is -2.57. The molecule has 13 heteroatoms. The predicted molar refractivity (Wildman–Crippen MR) is 160 cm³/mol. The predicted octanol–water partition coefficient (Wildman–Crippen LogP) is 6.82. The van der Waals surface area contributed by atoms with E-state index in [-0.39, 0.29) is 30.4 Å². The van der Waals surface area contributed by atoms with Crippen LogP contribution in [-0.2, 0) is 22.6 Å². The number of anilines is 2. The zero-order chi connectivity index (χ0) is 33.8. The molecule has 0 radical (unpaired) electrons. The lowest BCUT2D eigenvalue weighted by Gasteiger charge is -2.43. The molecule has 0 bridgehead atoms. The molecule has 248 valence electrons. The summed E-state index contributed by atoms with van der Waals surface area (Å²) in [7, 11) is 1.38. The van der Waals surface area contributed by atoms with Crippen LogP contribution in [0.1, 0.15) is 48.9 Å². The van der Waals surface area contributed by atoms with E-state index in [2.05, 4.69) is 9.88 Å². The van der Waals surface area contributed by atoms with Gasteiger partial charge >= 0.3 is 12.4 Å². The van der Waals surface area contributed by atoms with E-state index in [9.17, 15) is 40.6 Å². The third-order valence-electron chi connectivity index (χ3n) is 9.15. The van der Waals surface area contributed by atoms with Gasteiger partial charge in [0.15, 0.2) is 0 Å². The van der Waals surface area contributed by atoms with Crippen LogP contribution in [0.2, 0.25) is 0 Å². The molecule has 0 aliphatic carbocycles. The number of halogens is 7. The second kappa shape index (κ2) is 12.1. The van der Waals surface area contributed by atoms with E-state index in [0.717, 1.165) is 24.3 Å². The van der Waals surface area contributed by atoms with Crippen LogP contribution in [0.4, 0.5) is 42.2 Å². The number of aliphatic hydroxyl groups is 1. The number of pyridine rings is 1. The number of amides is 1. The standard InChI is InChI=1S/C33H35F7N4O2/c1-19-10-23(34)7-8-26(19)27-14-29(43-16-24-6-5-9-44(24)25(17-43)18-45)41-15-28(27)42(4)30(46)31(2,3)20-11-21(32(35,36)37)13-22(12-20)33(38,39)40/h7-8,10-15,24-25,45H,5-6,9,16-18H2,1-4H3/t24-,25+/m1/s1. The summed E-state index contributed by atoms with van der Waals surface area (Å²) in [5.41, 5.74) is -3.51. The van der Waals surface area contributed by atoms with Crippen molar-refractivity contribution in [1.29, 1.82) is 0 Å². The number of rotatable bonds is 6. The number of aryl methyl sites for hydroxylation is 1. The quantitative estimate of drug-likeness (QED) is 0.297. The maximum absolute atomic E-state index is 14.1. The van der Waals surface area contributed by atoms with Crippen LogP contribution >= 0.6 is 0 Å². The second-order valence-corrected chi connectivity index (χ2v) is 12.6. The topological polar surface area (TPSA) is 59.9 Å². The molecule has 2 saturated heterocycles. The number of likely N-dealkylation sites (N-methyl/N-ethyl adjacent to an activating group) is 1. The molecule has 2 atom stereocenters. The van der Waals surface area contributed by atoms with Crippen molar-refractivity contribution in [3.8, 4) is 11.1 Å². The van der Waals surface area contributed by atoms with E-state index in [0.29, 0.717) is 47.7 Å². The van der Waals surface area contributed by atoms with Gasteiger partial charge in [0.2, 0.25) is 5.91 Å². The first-order chi connectivity index (χ1) is 21.4. The van der Waals surface area contributed by atoms with E-state index < -0.39 is 46.2 Å². The fraction of sp³-hybridized carbons (Fsp3) is 0.455. The van der Waals surface area contributed by atoms with Crippen LogP contribution < -0.4 is 9.80 Å². The van der Waals surface area contributed by atoms with E-state index in [1.165, 1.54) is 39.2 Å². The van der Waals surface area contributed by atoms with Crippen LogP contribution in [-0.4, -0.2) is 66.3 Å². The largest absolute Gasteiger partial charge is 0.416 e. The Labute approximate surface area is 262 Å². The molecule has 2 aromatic carbocycles. The van der Waals surface area contributed by atoms with E-state index in [1.807, 2.05) is 4.90 Å². The Bertz CT molecular complexity index is 1590. The van der Waals surface area contributed by atoms with Gasteiger partial charge in [0.05, 0.1) is 41.1 Å². The summed E-state index contributed by atoms with van der Waals surface area (Å²) >= 11 is 0. The molecule has 5 rings (SSSR count). The molecule has 2 aliphatic heterocycles. The van der Waals surface area contributed by atoms with Gasteiger partial charge in [-0.25, -0.2) is 9.37 Å². The smallest absolute Gasteiger partial charge is 0.395 e. The van der Waals surface area contributed by atoms with Crippen molar-refractivity contribution in [1.82, 2.24) is 9.88 Å². The van der Waals surface area contributed by atoms with Crippen molar-refractivity contribution in [2.75, 3.05) is 43.1 Å². The summed E-state index contributed by atoms with van der Waals surface area (Å²) in [4.78, 5) is 24.2. The van der Waals surface area contributed by atoms with E-state index in [1.54, 1.807) is 19.1 Å². The highest BCUT2D eigenvalue weighted by Gasteiger charge is 2.42. The second-order valence-electron chi connectivity index (χ2n) is 12.6. The van der Waals surface area contributed by atoms with Gasteiger partial charge in [-0.2, -0.15) is 26.3 Å². The third-order valence-corrected chi connectivity index (χ3v) is 9.15. The average molecular weight is 653 g/mol. The maximum Gasteiger partial charge on any atom is 0.416 e. The molecule has 46 heavy (non-hydrogen) atoms. The van der Waals surface area contributed by atoms with Gasteiger partial charge in [0.25, 0.3) is 0 Å². The minimum absolute atomic E-state index is 0.0264. The van der Waals surface area contributed by atoms with Crippen LogP contribution in [0.15, 0.2) is 48.7 Å². The Morgan fingerprint density at radius 3 is 2.17 bits per heavy atom. The first-order valence-corrected chi connectivity index (χ1v) is 14.9. The number of carbonyl (C=O) groups excluding carboxylic acids is 1. The molecule has 1 N–H and O–H groups in total. The minimum atomic E-state index is -5.08. The first kappa shape index (κ1) is 33.6. The molecule has 2 aliphatic rings. The number of aliphatic hydroxyl groups excluding tert-OH is 1. The SMILES string of the molecule is Cc1cc(F)ccc1-c1cc(N2C[C@@H](CO)N3CCC[C@@H]3C2)ncc1N(C)C(=O)C(C)(C)c1cc(C(F)(F)F)cc(C(F)(F)F)c1. The van der Waals surface area contributed by atoms with Gasteiger partial charge < -0.3 is 14.9 Å². The number of carbonyl (C=O) groups is 1. The number of alkyl halides is 6. The zero-order valence-electron chi connectivity index (χ0n) is 25.8. The Balaban J connectivity index is 1.58. The number of fused-ring (bicyclic) bond motifs is 1. The molecule has 0 unspecified atom stereocenters. The van der Waals surface area contributed by atoms with Gasteiger partial charge in [-0.3, -0.25) is 9.69 Å². The number of benzene rings is 2. The summed E-state index contributed by atoms with van der Waals surface area (Å²) in [5.74, 6) is -0.702. The van der Waals surface area contributed by atoms with Gasteiger partial charge in [0, 0.05) is 31.7 Å². The molecule has 1 aromatic heterocycles. The molecule has 0 spiro atoms. The lowest BCUT2D eigenvalue weighted by molar-refractivity contribution is -0.143. The molecule has 2 fully saturated rings. The van der Waals surface area contributed by atoms with Crippen molar-refractivity contribution in [2.45, 2.75) is 63.5 Å². The fourth-order valence-electron chi connectivity index (χ4n) is 6.56. The Morgan fingerprint density at radius 1 is 0.957 bits per heavy atom. The van der Waals surface area contributed by atoms with Gasteiger partial charge in [0.1, 0.15) is 11.6 Å². The number of hydrogen-bond acceptors (Lipinski definition) is 5. The highest BCUT2D eigenvalue weighted by atomic mass is 19.4. The monoisotopic (exact) mass is 652 g/mol. The van der Waals surface area contributed by atoms with Crippen molar-refractivity contribution in [3.63, 3.8) is 0 Å². The third kappa shape index (κ3) is 6.44. The fourth-order valence-corrected chi connectivity index (χ4v) is 6.56. The number of piperazine rings is 1. The van der Waals surface area contributed by atoms with Crippen molar-refractivity contribution < 1.29 is 40.6 Å². The normalized spacial score (nSPS) is 19.3. The molecular weight excluding hydrogens is 617 g/mol. The first-order valence-electron chi connectivity index (χ1n) is 14.9. The Kier molecular flexibility index (Phi) is 8.88. The van der Waals surface area contributed by atoms with Crippen molar-refractivity contribution in [3.05, 3.63) is 76.7 Å². The van der Waals surface area contributed by atoms with E-state index in [4.69, 9.17) is 0 Å². The minimum Gasteiger partial charge on any atom is -0.395 e. The molecular formula is C33H35F7N4O2. The Morgan fingerprint density at radius 2 is 1.59 bits per heavy atom. The number of hydrogen-bond donors (Lipinski definition) is 1.